The van der Waals surface area contributed by atoms with Gasteiger partial charge < -0.3 is 5.11 Å². The van der Waals surface area contributed by atoms with Gasteiger partial charge in [0.05, 0.1) is 0 Å². The summed E-state index contributed by atoms with van der Waals surface area (Å²) in [5, 5.41) is 10.3. The van der Waals surface area contributed by atoms with Crippen molar-refractivity contribution in [2.24, 2.45) is 0 Å². The van der Waals surface area contributed by atoms with E-state index in [2.05, 4.69) is 4.98 Å². The molecule has 2 nitrogen and oxygen atoms in total. The van der Waals surface area contributed by atoms with E-state index >= 15 is 0 Å². The number of nitrogens with zero attached hydrogens (tertiary/aromatic N) is 1. The monoisotopic (exact) mass is 252 g/mol. The fourth-order valence-corrected chi connectivity index (χ4v) is 1.09. The molecule has 0 saturated carbocycles. The molecule has 0 spiro atoms. The van der Waals surface area contributed by atoms with E-state index in [0.717, 1.165) is 5.39 Å². The van der Waals surface area contributed by atoms with Gasteiger partial charge in [0.2, 0.25) is 0 Å². The Labute approximate surface area is 85.8 Å². The molecule has 0 aliphatic rings. The molecule has 1 aromatic heterocycles. The predicted octanol–water partition coefficient (Wildman–Crippen LogP) is 1.94. The number of hydrogen-bond acceptors (Lipinski definition) is 2. The zero-order chi connectivity index (χ0) is 7.68. The van der Waals surface area contributed by atoms with Crippen molar-refractivity contribution < 1.29 is 27.5 Å². The summed E-state index contributed by atoms with van der Waals surface area (Å²) in [6.07, 6.45) is 1.67. The Kier molecular flexibility index (Phi) is 2.87. The number of aromatic hydroxyl groups is 1. The topological polar surface area (TPSA) is 33.1 Å². The zero-order valence-corrected chi connectivity index (χ0v) is 7.64. The van der Waals surface area contributed by atoms with Gasteiger partial charge in [0.1, 0.15) is 11.3 Å². The summed E-state index contributed by atoms with van der Waals surface area (Å²) in [7, 11) is 0. The molecular formula is C9H7AgNO+. The molecule has 3 heteroatoms. The Morgan fingerprint density at radius 2 is 1.83 bits per heavy atom. The van der Waals surface area contributed by atoms with Crippen LogP contribution in [0.15, 0.2) is 36.5 Å². The van der Waals surface area contributed by atoms with Gasteiger partial charge in [0.25, 0.3) is 0 Å². The second-order valence-corrected chi connectivity index (χ2v) is 2.35. The number of rotatable bonds is 0. The number of aromatic nitrogens is 1. The van der Waals surface area contributed by atoms with Crippen molar-refractivity contribution in [1.29, 1.82) is 0 Å². The Balaban J connectivity index is 0.000000720. The van der Waals surface area contributed by atoms with Crippen LogP contribution in [-0.4, -0.2) is 10.1 Å². The average Bonchev–Trinajstić information content (AvgIpc) is 2.06. The summed E-state index contributed by atoms with van der Waals surface area (Å²) in [5.74, 6) is 0.239. The fourth-order valence-electron chi connectivity index (χ4n) is 1.09. The van der Waals surface area contributed by atoms with Crippen LogP contribution in [0.25, 0.3) is 10.9 Å². The van der Waals surface area contributed by atoms with Crippen molar-refractivity contribution in [2.75, 3.05) is 0 Å². The maximum Gasteiger partial charge on any atom is 1.00 e. The van der Waals surface area contributed by atoms with Crippen LogP contribution in [0.5, 0.6) is 5.75 Å². The van der Waals surface area contributed by atoms with E-state index in [1.165, 1.54) is 0 Å². The van der Waals surface area contributed by atoms with Gasteiger partial charge in [-0.1, -0.05) is 18.2 Å². The van der Waals surface area contributed by atoms with Gasteiger partial charge in [-0.25, -0.2) is 0 Å². The summed E-state index contributed by atoms with van der Waals surface area (Å²) < 4.78 is 0. The minimum atomic E-state index is 0. The quantitative estimate of drug-likeness (QED) is 0.728. The molecule has 0 amide bonds. The van der Waals surface area contributed by atoms with E-state index in [1.807, 2.05) is 18.2 Å². The second-order valence-electron chi connectivity index (χ2n) is 2.35. The van der Waals surface area contributed by atoms with Gasteiger partial charge in [0, 0.05) is 11.6 Å². The van der Waals surface area contributed by atoms with Crippen LogP contribution in [-0.2, 0) is 22.4 Å². The van der Waals surface area contributed by atoms with Gasteiger partial charge >= 0.3 is 22.4 Å². The van der Waals surface area contributed by atoms with Crippen LogP contribution < -0.4 is 0 Å². The third-order valence-corrected chi connectivity index (χ3v) is 1.61. The minimum absolute atomic E-state index is 0. The van der Waals surface area contributed by atoms with Gasteiger partial charge in [-0.15, -0.1) is 0 Å². The Hall–Kier alpha value is -0.830. The SMILES string of the molecule is Oc1cccc2cccnc12.[Ag+]. The summed E-state index contributed by atoms with van der Waals surface area (Å²) in [4.78, 5) is 4.03. The largest absolute Gasteiger partial charge is 1.00 e. The van der Waals surface area contributed by atoms with Crippen LogP contribution in [0.2, 0.25) is 0 Å². The molecule has 12 heavy (non-hydrogen) atoms. The van der Waals surface area contributed by atoms with Crippen LogP contribution in [0.4, 0.5) is 0 Å². The molecule has 0 atom stereocenters. The third-order valence-electron chi connectivity index (χ3n) is 1.61. The molecule has 0 radical (unpaired) electrons. The van der Waals surface area contributed by atoms with Crippen LogP contribution in [0, 0.1) is 0 Å². The van der Waals surface area contributed by atoms with Crippen molar-refractivity contribution in [3.8, 4) is 5.75 Å². The molecule has 1 aromatic carbocycles. The first-order valence-corrected chi connectivity index (χ1v) is 3.40. The minimum Gasteiger partial charge on any atom is -0.506 e. The number of fused-ring (bicyclic) bond motifs is 1. The maximum atomic E-state index is 9.31. The second kappa shape index (κ2) is 3.72. The summed E-state index contributed by atoms with van der Waals surface area (Å²) in [6.45, 7) is 0. The fraction of sp³-hybridized carbons (Fsp3) is 0. The number of pyridine rings is 1. The molecule has 0 unspecified atom stereocenters. The van der Waals surface area contributed by atoms with E-state index in [0.29, 0.717) is 5.52 Å². The summed E-state index contributed by atoms with van der Waals surface area (Å²) in [5.41, 5.74) is 0.662. The van der Waals surface area contributed by atoms with Crippen molar-refractivity contribution >= 4 is 10.9 Å². The van der Waals surface area contributed by atoms with Gasteiger partial charge in [-0.2, -0.15) is 0 Å². The van der Waals surface area contributed by atoms with Gasteiger partial charge in [0.15, 0.2) is 0 Å². The molecule has 0 saturated heterocycles. The van der Waals surface area contributed by atoms with Gasteiger partial charge in [-0.3, -0.25) is 4.98 Å². The molecule has 0 aliphatic heterocycles. The first-order valence-electron chi connectivity index (χ1n) is 3.40. The number of hydrogen-bond donors (Lipinski definition) is 1. The first-order chi connectivity index (χ1) is 5.38. The van der Waals surface area contributed by atoms with Crippen LogP contribution in [0.1, 0.15) is 0 Å². The Bertz CT molecular complexity index is 384. The van der Waals surface area contributed by atoms with Crippen molar-refractivity contribution in [3.63, 3.8) is 0 Å². The molecule has 1 N–H and O–H groups in total. The molecule has 64 valence electrons. The standard InChI is InChI=1S/C9H7NO.Ag/c11-8-5-1-3-7-4-2-6-10-9(7)8;/h1-6,11H;/q;+1. The zero-order valence-electron chi connectivity index (χ0n) is 6.16. The normalized spacial score (nSPS) is 9.33. The molecule has 0 fully saturated rings. The van der Waals surface area contributed by atoms with Crippen molar-refractivity contribution in [2.45, 2.75) is 0 Å². The van der Waals surface area contributed by atoms with E-state index in [4.69, 9.17) is 0 Å². The predicted molar refractivity (Wildman–Crippen MR) is 43.4 cm³/mol. The Morgan fingerprint density at radius 3 is 2.58 bits per heavy atom. The molecule has 0 aliphatic carbocycles. The summed E-state index contributed by atoms with van der Waals surface area (Å²) >= 11 is 0. The van der Waals surface area contributed by atoms with E-state index in [1.54, 1.807) is 18.3 Å². The van der Waals surface area contributed by atoms with Crippen molar-refractivity contribution in [3.05, 3.63) is 36.5 Å². The van der Waals surface area contributed by atoms with Gasteiger partial charge in [-0.05, 0) is 12.1 Å². The van der Waals surface area contributed by atoms with Crippen molar-refractivity contribution in [1.82, 2.24) is 4.98 Å². The van der Waals surface area contributed by atoms with E-state index in [9.17, 15) is 5.11 Å². The molecule has 2 rings (SSSR count). The van der Waals surface area contributed by atoms with Crippen LogP contribution >= 0.6 is 0 Å². The smallest absolute Gasteiger partial charge is 0.506 e. The van der Waals surface area contributed by atoms with Crippen LogP contribution in [0.3, 0.4) is 0 Å². The average molecular weight is 253 g/mol. The molecule has 0 bridgehead atoms. The first kappa shape index (κ1) is 9.26. The number of para-hydroxylation sites is 1. The van der Waals surface area contributed by atoms with E-state index < -0.39 is 0 Å². The number of phenolic OH excluding ortho intramolecular Hbond substituents is 1. The third kappa shape index (κ3) is 1.50. The summed E-state index contributed by atoms with van der Waals surface area (Å²) in [6, 6.07) is 9.13. The number of phenols is 1. The maximum absolute atomic E-state index is 9.31. The molecular weight excluding hydrogens is 246 g/mol. The molecule has 1 heterocycles. The van der Waals surface area contributed by atoms with E-state index in [-0.39, 0.29) is 28.1 Å². The Morgan fingerprint density at radius 1 is 1.08 bits per heavy atom. The number of benzene rings is 1. The molecule has 2 aromatic rings.